The Balaban J connectivity index is 1.82. The van der Waals surface area contributed by atoms with Crippen molar-refractivity contribution in [2.24, 2.45) is 0 Å². The minimum atomic E-state index is -0.646. The largest absolute Gasteiger partial charge is 0.489 e. The zero-order chi connectivity index (χ0) is 15.2. The lowest BCUT2D eigenvalue weighted by atomic mass is 10.3. The third-order valence-corrected chi connectivity index (χ3v) is 4.17. The number of benzene rings is 2. The molecule has 112 valence electrons. The number of aliphatic hydroxyl groups is 1. The minimum absolute atomic E-state index is 0.168. The highest BCUT2D eigenvalue weighted by Crippen LogP contribution is 2.24. The molecule has 0 saturated heterocycles. The maximum atomic E-state index is 9.95. The van der Waals surface area contributed by atoms with Gasteiger partial charge in [0.15, 0.2) is 0 Å². The van der Waals surface area contributed by atoms with Crippen molar-refractivity contribution < 1.29 is 9.84 Å². The smallest absolute Gasteiger partial charge is 0.138 e. The molecular formula is C15H14Cl2INO2. The Bertz CT molecular complexity index is 610. The Kier molecular flexibility index (Phi) is 6.41. The molecule has 2 aromatic carbocycles. The van der Waals surface area contributed by atoms with E-state index in [1.54, 1.807) is 18.2 Å². The lowest BCUT2D eigenvalue weighted by molar-refractivity contribution is 0.117. The van der Waals surface area contributed by atoms with Crippen LogP contribution < -0.4 is 10.1 Å². The second kappa shape index (κ2) is 8.08. The maximum Gasteiger partial charge on any atom is 0.138 e. The van der Waals surface area contributed by atoms with Crippen molar-refractivity contribution in [1.29, 1.82) is 0 Å². The average molecular weight is 438 g/mol. The van der Waals surface area contributed by atoms with Crippen LogP contribution >= 0.6 is 45.8 Å². The molecule has 6 heteroatoms. The fraction of sp³-hybridized carbons (Fsp3) is 0.200. The second-order valence-electron chi connectivity index (χ2n) is 4.40. The molecule has 2 aromatic rings. The molecule has 2 N–H and O–H groups in total. The molecule has 0 bridgehead atoms. The third-order valence-electron chi connectivity index (χ3n) is 2.73. The molecule has 0 aliphatic carbocycles. The summed E-state index contributed by atoms with van der Waals surface area (Å²) in [5.41, 5.74) is 0.928. The number of hydrogen-bond donors (Lipinski definition) is 2. The zero-order valence-corrected chi connectivity index (χ0v) is 14.7. The molecule has 0 aliphatic heterocycles. The molecule has 0 aliphatic rings. The molecule has 0 aromatic heterocycles. The van der Waals surface area contributed by atoms with Gasteiger partial charge in [0.05, 0.1) is 5.02 Å². The first kappa shape index (κ1) is 16.7. The molecule has 0 radical (unpaired) electrons. The number of rotatable bonds is 6. The standard InChI is InChI=1S/C15H14Cl2INO2/c16-10-5-6-14(13(18)7-10)19-8-11(20)9-21-15-4-2-1-3-12(15)17/h1-7,11,19-20H,8-9H2. The Morgan fingerprint density at radius 1 is 1.19 bits per heavy atom. The van der Waals surface area contributed by atoms with Crippen LogP contribution in [-0.4, -0.2) is 24.4 Å². The van der Waals surface area contributed by atoms with E-state index in [9.17, 15) is 5.11 Å². The highest BCUT2D eigenvalue weighted by molar-refractivity contribution is 14.1. The summed E-state index contributed by atoms with van der Waals surface area (Å²) in [5, 5.41) is 14.3. The summed E-state index contributed by atoms with van der Waals surface area (Å²) in [7, 11) is 0. The monoisotopic (exact) mass is 437 g/mol. The minimum Gasteiger partial charge on any atom is -0.489 e. The van der Waals surface area contributed by atoms with E-state index in [0.29, 0.717) is 22.3 Å². The number of anilines is 1. The summed E-state index contributed by atoms with van der Waals surface area (Å²) < 4.78 is 6.49. The predicted molar refractivity (Wildman–Crippen MR) is 95.6 cm³/mol. The summed E-state index contributed by atoms with van der Waals surface area (Å²) in [5.74, 6) is 0.569. The Hall–Kier alpha value is -0.690. The number of ether oxygens (including phenoxy) is 1. The van der Waals surface area contributed by atoms with Gasteiger partial charge in [-0.15, -0.1) is 0 Å². The summed E-state index contributed by atoms with van der Waals surface area (Å²) in [6.07, 6.45) is -0.646. The van der Waals surface area contributed by atoms with Gasteiger partial charge in [-0.05, 0) is 52.9 Å². The first-order chi connectivity index (χ1) is 10.1. The van der Waals surface area contributed by atoms with E-state index in [1.807, 2.05) is 24.3 Å². The highest BCUT2D eigenvalue weighted by atomic mass is 127. The first-order valence-corrected chi connectivity index (χ1v) is 8.14. The summed E-state index contributed by atoms with van der Waals surface area (Å²) in [6.45, 7) is 0.545. The van der Waals surface area contributed by atoms with Crippen LogP contribution in [0.3, 0.4) is 0 Å². The number of halogens is 3. The van der Waals surface area contributed by atoms with Crippen molar-refractivity contribution in [2.75, 3.05) is 18.5 Å². The van der Waals surface area contributed by atoms with Crippen molar-refractivity contribution in [1.82, 2.24) is 0 Å². The molecule has 0 saturated carbocycles. The second-order valence-corrected chi connectivity index (χ2v) is 6.41. The molecule has 3 nitrogen and oxygen atoms in total. The van der Waals surface area contributed by atoms with Crippen molar-refractivity contribution in [3.05, 3.63) is 56.1 Å². The summed E-state index contributed by atoms with van der Waals surface area (Å²) in [6, 6.07) is 12.7. The Labute approximate surface area is 147 Å². The SMILES string of the molecule is OC(CNc1ccc(Cl)cc1I)COc1ccccc1Cl. The average Bonchev–Trinajstić information content (AvgIpc) is 2.45. The molecule has 0 amide bonds. The first-order valence-electron chi connectivity index (χ1n) is 6.30. The van der Waals surface area contributed by atoms with E-state index in [4.69, 9.17) is 27.9 Å². The number of nitrogens with one attached hydrogen (secondary N) is 1. The van der Waals surface area contributed by atoms with Crippen LogP contribution in [0.2, 0.25) is 10.0 Å². The molecule has 0 fully saturated rings. The number of hydrogen-bond acceptors (Lipinski definition) is 3. The zero-order valence-electron chi connectivity index (χ0n) is 11.0. The molecule has 0 spiro atoms. The Morgan fingerprint density at radius 2 is 1.95 bits per heavy atom. The van der Waals surface area contributed by atoms with E-state index in [2.05, 4.69) is 27.9 Å². The molecule has 1 unspecified atom stereocenters. The highest BCUT2D eigenvalue weighted by Gasteiger charge is 2.08. The number of para-hydroxylation sites is 1. The van der Waals surface area contributed by atoms with Gasteiger partial charge in [0.2, 0.25) is 0 Å². The Morgan fingerprint density at radius 3 is 2.67 bits per heavy atom. The topological polar surface area (TPSA) is 41.5 Å². The quantitative estimate of drug-likeness (QED) is 0.656. The van der Waals surface area contributed by atoms with Gasteiger partial charge < -0.3 is 15.2 Å². The van der Waals surface area contributed by atoms with Gasteiger partial charge in [0, 0.05) is 20.8 Å². The molecule has 1 atom stereocenters. The van der Waals surface area contributed by atoms with E-state index in [-0.39, 0.29) is 6.61 Å². The van der Waals surface area contributed by atoms with Gasteiger partial charge in [-0.25, -0.2) is 0 Å². The molecular weight excluding hydrogens is 424 g/mol. The van der Waals surface area contributed by atoms with Gasteiger partial charge in [-0.2, -0.15) is 0 Å². The van der Waals surface area contributed by atoms with Gasteiger partial charge >= 0.3 is 0 Å². The van der Waals surface area contributed by atoms with Crippen molar-refractivity contribution in [3.8, 4) is 5.75 Å². The van der Waals surface area contributed by atoms with Crippen LogP contribution in [0.25, 0.3) is 0 Å². The van der Waals surface area contributed by atoms with Crippen LogP contribution in [-0.2, 0) is 0 Å². The van der Waals surface area contributed by atoms with E-state index >= 15 is 0 Å². The maximum absolute atomic E-state index is 9.95. The lowest BCUT2D eigenvalue weighted by Crippen LogP contribution is -2.26. The van der Waals surface area contributed by atoms with Gasteiger partial charge in [0.1, 0.15) is 18.5 Å². The van der Waals surface area contributed by atoms with Crippen LogP contribution in [0.1, 0.15) is 0 Å². The van der Waals surface area contributed by atoms with Gasteiger partial charge in [-0.3, -0.25) is 0 Å². The van der Waals surface area contributed by atoms with E-state index < -0.39 is 6.10 Å². The summed E-state index contributed by atoms with van der Waals surface area (Å²) >= 11 is 14.1. The van der Waals surface area contributed by atoms with Gasteiger partial charge in [0.25, 0.3) is 0 Å². The fourth-order valence-electron chi connectivity index (χ4n) is 1.67. The summed E-state index contributed by atoms with van der Waals surface area (Å²) in [4.78, 5) is 0. The van der Waals surface area contributed by atoms with Crippen LogP contribution in [0.15, 0.2) is 42.5 Å². The molecule has 2 rings (SSSR count). The predicted octanol–water partition coefficient (Wildman–Crippen LogP) is 4.45. The van der Waals surface area contributed by atoms with Crippen molar-refractivity contribution in [2.45, 2.75) is 6.10 Å². The normalized spacial score (nSPS) is 12.0. The van der Waals surface area contributed by atoms with Gasteiger partial charge in [-0.1, -0.05) is 35.3 Å². The molecule has 0 heterocycles. The number of aliphatic hydroxyl groups excluding tert-OH is 1. The van der Waals surface area contributed by atoms with Crippen LogP contribution in [0.4, 0.5) is 5.69 Å². The van der Waals surface area contributed by atoms with Crippen LogP contribution in [0, 0.1) is 3.57 Å². The van der Waals surface area contributed by atoms with Crippen LogP contribution in [0.5, 0.6) is 5.75 Å². The lowest BCUT2D eigenvalue weighted by Gasteiger charge is -2.15. The van der Waals surface area contributed by atoms with E-state index in [0.717, 1.165) is 9.26 Å². The molecule has 21 heavy (non-hydrogen) atoms. The van der Waals surface area contributed by atoms with Crippen molar-refractivity contribution in [3.63, 3.8) is 0 Å². The fourth-order valence-corrected chi connectivity index (χ4v) is 2.92. The van der Waals surface area contributed by atoms with Crippen molar-refractivity contribution >= 4 is 51.5 Å². The third kappa shape index (κ3) is 5.21. The van der Waals surface area contributed by atoms with E-state index in [1.165, 1.54) is 0 Å².